The van der Waals surface area contributed by atoms with Crippen molar-refractivity contribution in [1.29, 1.82) is 0 Å². The lowest BCUT2D eigenvalue weighted by Crippen LogP contribution is -2.35. The van der Waals surface area contributed by atoms with Gasteiger partial charge in [-0.1, -0.05) is 23.8 Å². The summed E-state index contributed by atoms with van der Waals surface area (Å²) in [5, 5.41) is 1.84. The van der Waals surface area contributed by atoms with Crippen molar-refractivity contribution in [2.45, 2.75) is 43.5 Å². The fourth-order valence-electron chi connectivity index (χ4n) is 2.66. The number of aryl methyl sites for hydroxylation is 1. The van der Waals surface area contributed by atoms with Gasteiger partial charge in [0.25, 0.3) is 0 Å². The number of fused-ring (bicyclic) bond motifs is 1. The van der Waals surface area contributed by atoms with Crippen LogP contribution in [0.5, 0.6) is 0 Å². The Morgan fingerprint density at radius 1 is 1.35 bits per heavy atom. The Morgan fingerprint density at radius 2 is 2.24 bits per heavy atom. The molecule has 2 nitrogen and oxygen atoms in total. The van der Waals surface area contributed by atoms with Crippen LogP contribution in [0.1, 0.15) is 30.4 Å². The number of aliphatic imine (C=N–C) groups is 1. The molecule has 0 aromatic heterocycles. The van der Waals surface area contributed by atoms with Crippen molar-refractivity contribution in [3.05, 3.63) is 35.4 Å². The quantitative estimate of drug-likeness (QED) is 0.827. The molecule has 1 heterocycles. The normalized spacial score (nSPS) is 32.1. The molecule has 0 saturated heterocycles. The summed E-state index contributed by atoms with van der Waals surface area (Å²) in [4.78, 5) is 4.88. The Hall–Kier alpha value is -0.800. The molecular formula is C14H18N2S. The Bertz CT molecular complexity index is 455. The molecule has 1 saturated carbocycles. The Labute approximate surface area is 107 Å². The number of hydrogen-bond acceptors (Lipinski definition) is 3. The van der Waals surface area contributed by atoms with E-state index in [0.717, 1.165) is 19.3 Å². The van der Waals surface area contributed by atoms with Crippen LogP contribution in [0, 0.1) is 6.92 Å². The van der Waals surface area contributed by atoms with Gasteiger partial charge >= 0.3 is 0 Å². The van der Waals surface area contributed by atoms with E-state index in [1.807, 2.05) is 11.8 Å². The third kappa shape index (κ3) is 2.26. The maximum Gasteiger partial charge on any atom is 0.0984 e. The molecule has 0 bridgehead atoms. The summed E-state index contributed by atoms with van der Waals surface area (Å²) in [5.74, 6) is 0. The molecule has 3 atom stereocenters. The Morgan fingerprint density at radius 3 is 3.06 bits per heavy atom. The minimum atomic E-state index is 0.385. The van der Waals surface area contributed by atoms with Crippen molar-refractivity contribution in [1.82, 2.24) is 0 Å². The molecule has 90 valence electrons. The average molecular weight is 246 g/mol. The highest BCUT2D eigenvalue weighted by atomic mass is 32.2. The van der Waals surface area contributed by atoms with Crippen molar-refractivity contribution in [2.75, 3.05) is 0 Å². The van der Waals surface area contributed by atoms with Crippen LogP contribution in [0.4, 0.5) is 0 Å². The van der Waals surface area contributed by atoms with Gasteiger partial charge in [-0.25, -0.2) is 0 Å². The van der Waals surface area contributed by atoms with E-state index >= 15 is 0 Å². The van der Waals surface area contributed by atoms with E-state index in [2.05, 4.69) is 31.2 Å². The molecule has 1 aliphatic carbocycles. The van der Waals surface area contributed by atoms with Crippen LogP contribution in [0.3, 0.4) is 0 Å². The van der Waals surface area contributed by atoms with Gasteiger partial charge in [0, 0.05) is 16.9 Å². The van der Waals surface area contributed by atoms with Crippen molar-refractivity contribution < 1.29 is 0 Å². The number of hydrogen-bond donors (Lipinski definition) is 1. The maximum atomic E-state index is 6.03. The van der Waals surface area contributed by atoms with Crippen LogP contribution in [-0.4, -0.2) is 22.4 Å². The van der Waals surface area contributed by atoms with Gasteiger partial charge in [0.15, 0.2) is 0 Å². The maximum absolute atomic E-state index is 6.03. The second-order valence-electron chi connectivity index (χ2n) is 5.10. The first-order valence-corrected chi connectivity index (χ1v) is 7.17. The zero-order chi connectivity index (χ0) is 11.8. The molecule has 1 aromatic carbocycles. The topological polar surface area (TPSA) is 38.4 Å². The lowest BCUT2D eigenvalue weighted by molar-refractivity contribution is 0.412. The Balaban J connectivity index is 1.82. The zero-order valence-corrected chi connectivity index (χ0v) is 10.9. The second kappa shape index (κ2) is 4.46. The summed E-state index contributed by atoms with van der Waals surface area (Å²) < 4.78 is 0. The molecule has 17 heavy (non-hydrogen) atoms. The van der Waals surface area contributed by atoms with Gasteiger partial charge in [-0.2, -0.15) is 0 Å². The summed E-state index contributed by atoms with van der Waals surface area (Å²) in [7, 11) is 0. The van der Waals surface area contributed by atoms with Crippen molar-refractivity contribution in [2.24, 2.45) is 10.7 Å². The summed E-state index contributed by atoms with van der Waals surface area (Å²) in [6.45, 7) is 2.13. The van der Waals surface area contributed by atoms with Crippen LogP contribution in [0.2, 0.25) is 0 Å². The highest BCUT2D eigenvalue weighted by Crippen LogP contribution is 2.38. The summed E-state index contributed by atoms with van der Waals surface area (Å²) in [6, 6.07) is 9.53. The van der Waals surface area contributed by atoms with Crippen LogP contribution < -0.4 is 5.73 Å². The monoisotopic (exact) mass is 246 g/mol. The van der Waals surface area contributed by atoms with E-state index in [1.165, 1.54) is 16.2 Å². The molecule has 1 fully saturated rings. The van der Waals surface area contributed by atoms with Gasteiger partial charge in [0.2, 0.25) is 0 Å². The number of benzene rings is 1. The average Bonchev–Trinajstić information content (AvgIpc) is 2.72. The molecule has 2 N–H and O–H groups in total. The second-order valence-corrected chi connectivity index (χ2v) is 6.33. The van der Waals surface area contributed by atoms with Gasteiger partial charge in [0.1, 0.15) is 0 Å². The summed E-state index contributed by atoms with van der Waals surface area (Å²) >= 11 is 1.93. The minimum Gasteiger partial charge on any atom is -0.328 e. The van der Waals surface area contributed by atoms with Crippen molar-refractivity contribution >= 4 is 16.8 Å². The predicted molar refractivity (Wildman–Crippen MR) is 74.7 cm³/mol. The number of nitrogens with two attached hydrogens (primary N) is 1. The minimum absolute atomic E-state index is 0.385. The van der Waals surface area contributed by atoms with E-state index < -0.39 is 0 Å². The van der Waals surface area contributed by atoms with E-state index in [-0.39, 0.29) is 0 Å². The highest BCUT2D eigenvalue weighted by Gasteiger charge is 2.35. The molecule has 0 spiro atoms. The van der Waals surface area contributed by atoms with Gasteiger partial charge in [-0.05, 0) is 32.3 Å². The first-order chi connectivity index (χ1) is 8.22. The van der Waals surface area contributed by atoms with E-state index in [4.69, 9.17) is 10.7 Å². The molecule has 0 amide bonds. The standard InChI is InChI=1S/C14H18N2S/c1-9-3-2-4-10(7-9)14-16-12-6-5-11(15)8-13(12)17-14/h2-4,7,11-13H,5-6,8,15H2,1H3. The van der Waals surface area contributed by atoms with Crippen LogP contribution in [0.15, 0.2) is 29.3 Å². The molecule has 3 rings (SSSR count). The summed E-state index contributed by atoms with van der Waals surface area (Å²) in [5.41, 5.74) is 8.61. The first kappa shape index (κ1) is 11.3. The number of rotatable bonds is 1. The van der Waals surface area contributed by atoms with Gasteiger partial charge in [-0.3, -0.25) is 4.99 Å². The van der Waals surface area contributed by atoms with Gasteiger partial charge in [-0.15, -0.1) is 11.8 Å². The smallest absolute Gasteiger partial charge is 0.0984 e. The van der Waals surface area contributed by atoms with Gasteiger partial charge < -0.3 is 5.73 Å². The van der Waals surface area contributed by atoms with Crippen LogP contribution in [0.25, 0.3) is 0 Å². The number of nitrogens with zero attached hydrogens (tertiary/aromatic N) is 1. The number of thioether (sulfide) groups is 1. The SMILES string of the molecule is Cc1cccc(C2=NC3CCC(N)CC3S2)c1. The Kier molecular flexibility index (Phi) is 2.97. The molecular weight excluding hydrogens is 228 g/mol. The molecule has 1 aliphatic heterocycles. The van der Waals surface area contributed by atoms with Crippen molar-refractivity contribution in [3.63, 3.8) is 0 Å². The van der Waals surface area contributed by atoms with Gasteiger partial charge in [0.05, 0.1) is 11.1 Å². The third-order valence-corrected chi connectivity index (χ3v) is 4.98. The molecule has 1 aromatic rings. The zero-order valence-electron chi connectivity index (χ0n) is 10.1. The fraction of sp³-hybridized carbons (Fsp3) is 0.500. The van der Waals surface area contributed by atoms with E-state index in [0.29, 0.717) is 17.3 Å². The van der Waals surface area contributed by atoms with Crippen molar-refractivity contribution in [3.8, 4) is 0 Å². The molecule has 2 aliphatic rings. The molecule has 3 heteroatoms. The van der Waals surface area contributed by atoms with Crippen LogP contribution >= 0.6 is 11.8 Å². The predicted octanol–water partition coefficient (Wildman–Crippen LogP) is 2.74. The first-order valence-electron chi connectivity index (χ1n) is 6.29. The molecule has 0 radical (unpaired) electrons. The lowest BCUT2D eigenvalue weighted by Gasteiger charge is -2.27. The van der Waals surface area contributed by atoms with Crippen LogP contribution in [-0.2, 0) is 0 Å². The van der Waals surface area contributed by atoms with E-state index in [9.17, 15) is 0 Å². The molecule has 3 unspecified atom stereocenters. The lowest BCUT2D eigenvalue weighted by atomic mass is 9.92. The largest absolute Gasteiger partial charge is 0.328 e. The fourth-order valence-corrected chi connectivity index (χ4v) is 4.11. The van der Waals surface area contributed by atoms with E-state index in [1.54, 1.807) is 0 Å². The highest BCUT2D eigenvalue weighted by molar-refractivity contribution is 8.15. The summed E-state index contributed by atoms with van der Waals surface area (Å²) in [6.07, 6.45) is 3.41. The third-order valence-electron chi connectivity index (χ3n) is 3.61.